The molecule has 0 spiro atoms. The van der Waals surface area contributed by atoms with Crippen LogP contribution in [-0.4, -0.2) is 44.5 Å². The molecule has 1 saturated heterocycles. The first-order valence-electron chi connectivity index (χ1n) is 10.6. The van der Waals surface area contributed by atoms with E-state index in [0.717, 1.165) is 59.9 Å². The second-order valence-electron chi connectivity index (χ2n) is 7.87. The normalized spacial score (nSPS) is 16.9. The standard InChI is InChI=1S/C24H27NO6/c1-15(2)23(26)28-12-11-25-24(27)31-22-19-9-5-3-7-17(19)21(30-14-16-13-29-16)18-8-4-6-10-20(18)22/h3,5,7,9,16H,1,4,6,8,10-14H2,2H3,(H,25,27). The van der Waals surface area contributed by atoms with Gasteiger partial charge in [0.1, 0.15) is 30.8 Å². The lowest BCUT2D eigenvalue weighted by Crippen LogP contribution is -2.31. The molecule has 7 heteroatoms. The Kier molecular flexibility index (Phi) is 6.42. The summed E-state index contributed by atoms with van der Waals surface area (Å²) in [5, 5.41) is 4.42. The summed E-state index contributed by atoms with van der Waals surface area (Å²) >= 11 is 0. The summed E-state index contributed by atoms with van der Waals surface area (Å²) in [6.45, 7) is 6.57. The van der Waals surface area contributed by atoms with Crippen molar-refractivity contribution in [2.75, 3.05) is 26.4 Å². The predicted octanol–water partition coefficient (Wildman–Crippen LogP) is 3.70. The number of hydrogen-bond acceptors (Lipinski definition) is 6. The Hall–Kier alpha value is -3.06. The van der Waals surface area contributed by atoms with E-state index in [2.05, 4.69) is 11.9 Å². The van der Waals surface area contributed by atoms with Crippen LogP contribution in [-0.2, 0) is 27.1 Å². The van der Waals surface area contributed by atoms with Gasteiger partial charge in [-0.15, -0.1) is 0 Å². The molecule has 0 saturated carbocycles. The molecule has 1 aliphatic heterocycles. The summed E-state index contributed by atoms with van der Waals surface area (Å²) < 4.78 is 22.3. The molecule has 4 rings (SSSR count). The maximum absolute atomic E-state index is 12.5. The number of ether oxygens (including phenoxy) is 4. The number of nitrogens with one attached hydrogen (secondary N) is 1. The molecule has 2 aliphatic rings. The number of benzene rings is 2. The molecule has 1 fully saturated rings. The molecule has 0 radical (unpaired) electrons. The number of amides is 1. The summed E-state index contributed by atoms with van der Waals surface area (Å²) in [7, 11) is 0. The van der Waals surface area contributed by atoms with Crippen LogP contribution in [0.25, 0.3) is 10.8 Å². The fourth-order valence-corrected chi connectivity index (χ4v) is 3.78. The van der Waals surface area contributed by atoms with Crippen LogP contribution in [0.3, 0.4) is 0 Å². The number of hydrogen-bond donors (Lipinski definition) is 1. The Morgan fingerprint density at radius 2 is 1.77 bits per heavy atom. The summed E-state index contributed by atoms with van der Waals surface area (Å²) in [6, 6.07) is 7.82. The number of epoxide rings is 1. The number of carbonyl (C=O) groups is 2. The van der Waals surface area contributed by atoms with E-state index in [1.807, 2.05) is 24.3 Å². The average Bonchev–Trinajstić information content (AvgIpc) is 3.60. The first kappa shape index (κ1) is 21.2. The van der Waals surface area contributed by atoms with Gasteiger partial charge in [0, 0.05) is 27.5 Å². The van der Waals surface area contributed by atoms with Crippen LogP contribution in [0.15, 0.2) is 36.4 Å². The maximum Gasteiger partial charge on any atom is 0.412 e. The highest BCUT2D eigenvalue weighted by molar-refractivity contribution is 5.97. The van der Waals surface area contributed by atoms with Crippen LogP contribution in [0.2, 0.25) is 0 Å². The third kappa shape index (κ3) is 4.99. The van der Waals surface area contributed by atoms with Gasteiger partial charge in [-0.05, 0) is 32.6 Å². The van der Waals surface area contributed by atoms with E-state index in [-0.39, 0.29) is 19.3 Å². The van der Waals surface area contributed by atoms with Gasteiger partial charge in [-0.3, -0.25) is 0 Å². The van der Waals surface area contributed by atoms with E-state index >= 15 is 0 Å². The molecule has 31 heavy (non-hydrogen) atoms. The first-order chi connectivity index (χ1) is 15.0. The fraction of sp³-hybridized carbons (Fsp3) is 0.417. The predicted molar refractivity (Wildman–Crippen MR) is 116 cm³/mol. The van der Waals surface area contributed by atoms with Crippen LogP contribution in [0.1, 0.15) is 30.9 Å². The van der Waals surface area contributed by atoms with Crippen LogP contribution < -0.4 is 14.8 Å². The number of esters is 1. The van der Waals surface area contributed by atoms with Gasteiger partial charge < -0.3 is 24.3 Å². The zero-order valence-electron chi connectivity index (χ0n) is 17.7. The van der Waals surface area contributed by atoms with Crippen LogP contribution in [0.5, 0.6) is 11.5 Å². The Morgan fingerprint density at radius 3 is 2.42 bits per heavy atom. The molecular weight excluding hydrogens is 398 g/mol. The quantitative estimate of drug-likeness (QED) is 0.300. The molecule has 164 valence electrons. The molecule has 2 aromatic carbocycles. The molecule has 1 aliphatic carbocycles. The van der Waals surface area contributed by atoms with Crippen molar-refractivity contribution in [1.82, 2.24) is 5.32 Å². The second-order valence-corrected chi connectivity index (χ2v) is 7.87. The molecule has 1 N–H and O–H groups in total. The van der Waals surface area contributed by atoms with E-state index in [0.29, 0.717) is 17.9 Å². The SMILES string of the molecule is C=C(C)C(=O)OCCNC(=O)Oc1c2c(c(OCC3CO3)c3ccccc13)CCCC2. The van der Waals surface area contributed by atoms with Crippen molar-refractivity contribution in [3.8, 4) is 11.5 Å². The molecule has 1 amide bonds. The van der Waals surface area contributed by atoms with Crippen LogP contribution >= 0.6 is 0 Å². The number of carbonyl (C=O) groups excluding carboxylic acids is 2. The highest BCUT2D eigenvalue weighted by Crippen LogP contribution is 2.44. The molecule has 0 bridgehead atoms. The molecule has 0 aromatic heterocycles. The zero-order valence-corrected chi connectivity index (χ0v) is 17.7. The van der Waals surface area contributed by atoms with Gasteiger partial charge >= 0.3 is 12.1 Å². The molecule has 2 aromatic rings. The van der Waals surface area contributed by atoms with Gasteiger partial charge in [-0.1, -0.05) is 30.8 Å². The van der Waals surface area contributed by atoms with Crippen molar-refractivity contribution in [1.29, 1.82) is 0 Å². The van der Waals surface area contributed by atoms with Gasteiger partial charge in [0.2, 0.25) is 0 Å². The van der Waals surface area contributed by atoms with E-state index in [1.165, 1.54) is 0 Å². The second kappa shape index (κ2) is 9.39. The lowest BCUT2D eigenvalue weighted by molar-refractivity contribution is -0.138. The third-order valence-corrected chi connectivity index (χ3v) is 5.40. The van der Waals surface area contributed by atoms with Crippen LogP contribution in [0, 0.1) is 0 Å². The lowest BCUT2D eigenvalue weighted by atomic mass is 9.87. The molecule has 1 atom stereocenters. The largest absolute Gasteiger partial charge is 0.490 e. The summed E-state index contributed by atoms with van der Waals surface area (Å²) in [6.07, 6.45) is 3.40. The highest BCUT2D eigenvalue weighted by atomic mass is 16.6. The van der Waals surface area contributed by atoms with Crippen molar-refractivity contribution in [2.45, 2.75) is 38.7 Å². The van der Waals surface area contributed by atoms with Gasteiger partial charge in [0.15, 0.2) is 0 Å². The molecule has 1 unspecified atom stereocenters. The number of fused-ring (bicyclic) bond motifs is 2. The van der Waals surface area contributed by atoms with Gasteiger partial charge in [0.05, 0.1) is 13.2 Å². The topological polar surface area (TPSA) is 86.4 Å². The summed E-state index contributed by atoms with van der Waals surface area (Å²) in [4.78, 5) is 23.9. The maximum atomic E-state index is 12.5. The van der Waals surface area contributed by atoms with Crippen molar-refractivity contribution in [3.05, 3.63) is 47.5 Å². The Morgan fingerprint density at radius 1 is 1.13 bits per heavy atom. The Balaban J connectivity index is 1.54. The van der Waals surface area contributed by atoms with E-state index < -0.39 is 12.1 Å². The van der Waals surface area contributed by atoms with Crippen molar-refractivity contribution < 1.29 is 28.5 Å². The van der Waals surface area contributed by atoms with Gasteiger partial charge in [0.25, 0.3) is 0 Å². The van der Waals surface area contributed by atoms with E-state index in [1.54, 1.807) is 6.92 Å². The molecule has 7 nitrogen and oxygen atoms in total. The minimum atomic E-state index is -0.579. The van der Waals surface area contributed by atoms with E-state index in [4.69, 9.17) is 18.9 Å². The van der Waals surface area contributed by atoms with Gasteiger partial charge in [-0.2, -0.15) is 0 Å². The summed E-state index contributed by atoms with van der Waals surface area (Å²) in [5.74, 6) is 0.972. The highest BCUT2D eigenvalue weighted by Gasteiger charge is 2.28. The van der Waals surface area contributed by atoms with Crippen molar-refractivity contribution >= 4 is 22.8 Å². The number of rotatable bonds is 8. The Bertz CT molecular complexity index is 1010. The zero-order chi connectivity index (χ0) is 21.8. The minimum Gasteiger partial charge on any atom is -0.490 e. The summed E-state index contributed by atoms with van der Waals surface area (Å²) in [5.41, 5.74) is 2.46. The Labute approximate surface area is 181 Å². The minimum absolute atomic E-state index is 0.0513. The van der Waals surface area contributed by atoms with Crippen molar-refractivity contribution in [2.24, 2.45) is 0 Å². The fourth-order valence-electron chi connectivity index (χ4n) is 3.78. The van der Waals surface area contributed by atoms with E-state index in [9.17, 15) is 9.59 Å². The third-order valence-electron chi connectivity index (χ3n) is 5.40. The first-order valence-corrected chi connectivity index (χ1v) is 10.6. The average molecular weight is 425 g/mol. The smallest absolute Gasteiger partial charge is 0.412 e. The van der Waals surface area contributed by atoms with Crippen molar-refractivity contribution in [3.63, 3.8) is 0 Å². The monoisotopic (exact) mass is 425 g/mol. The molecule has 1 heterocycles. The van der Waals surface area contributed by atoms with Gasteiger partial charge in [-0.25, -0.2) is 9.59 Å². The molecular formula is C24H27NO6. The lowest BCUT2D eigenvalue weighted by Gasteiger charge is -2.25. The van der Waals surface area contributed by atoms with Crippen LogP contribution in [0.4, 0.5) is 4.79 Å².